The summed E-state index contributed by atoms with van der Waals surface area (Å²) in [7, 11) is 0. The number of anilines is 1. The topological polar surface area (TPSA) is 93.6 Å². The van der Waals surface area contributed by atoms with Crippen molar-refractivity contribution in [2.45, 2.75) is 64.9 Å². The number of aromatic nitrogens is 1. The highest BCUT2D eigenvalue weighted by Crippen LogP contribution is 2.40. The Morgan fingerprint density at radius 3 is 2.22 bits per heavy atom. The molecule has 1 saturated heterocycles. The molecule has 1 aliphatic carbocycles. The number of rotatable bonds is 9. The Labute approximate surface area is 271 Å². The number of pyridine rings is 1. The van der Waals surface area contributed by atoms with Crippen LogP contribution in [0.5, 0.6) is 0 Å². The summed E-state index contributed by atoms with van der Waals surface area (Å²) in [5, 5.41) is 0.630. The lowest BCUT2D eigenvalue weighted by Gasteiger charge is -2.19. The molecule has 0 N–H and O–H groups in total. The molecule has 3 aromatic carbocycles. The molecule has 3 unspecified atom stereocenters. The highest BCUT2D eigenvalue weighted by molar-refractivity contribution is 9.10. The van der Waals surface area contributed by atoms with Gasteiger partial charge in [-0.1, -0.05) is 91.5 Å². The van der Waals surface area contributed by atoms with Gasteiger partial charge in [0.25, 0.3) is 0 Å². The number of ketones is 1. The first-order valence-corrected chi connectivity index (χ1v) is 16.5. The zero-order valence-electron chi connectivity index (χ0n) is 25.4. The summed E-state index contributed by atoms with van der Waals surface area (Å²) >= 11 is 3.58. The molecule has 2 fully saturated rings. The van der Waals surface area contributed by atoms with Gasteiger partial charge in [-0.3, -0.25) is 19.3 Å². The fourth-order valence-electron chi connectivity index (χ4n) is 6.63. The Balaban J connectivity index is 1.37. The predicted molar refractivity (Wildman–Crippen MR) is 177 cm³/mol. The molecule has 2 heterocycles. The Hall–Kier alpha value is -4.17. The Morgan fingerprint density at radius 2 is 1.60 bits per heavy atom. The molecule has 3 atom stereocenters. The number of Topliss-reactive ketones (excluding diaryl/α,β-unsaturated/α-hetero) is 1. The molecule has 8 heteroatoms. The van der Waals surface area contributed by atoms with Gasteiger partial charge in [0, 0.05) is 21.0 Å². The summed E-state index contributed by atoms with van der Waals surface area (Å²) in [5.74, 6) is -1.51. The first-order valence-electron chi connectivity index (χ1n) is 15.7. The molecule has 45 heavy (non-hydrogen) atoms. The molecule has 0 spiro atoms. The second-order valence-electron chi connectivity index (χ2n) is 11.8. The number of carbonyl (C=O) groups excluding carboxylic acids is 4. The molecule has 1 aromatic heterocycles. The highest BCUT2D eigenvalue weighted by atomic mass is 79.9. The summed E-state index contributed by atoms with van der Waals surface area (Å²) in [6, 6.07) is 21.6. The molecule has 7 nitrogen and oxygen atoms in total. The summed E-state index contributed by atoms with van der Waals surface area (Å²) in [4.78, 5) is 59.9. The number of halogens is 1. The van der Waals surface area contributed by atoms with Crippen molar-refractivity contribution in [1.29, 1.82) is 0 Å². The minimum absolute atomic E-state index is 0.115. The number of esters is 1. The van der Waals surface area contributed by atoms with Gasteiger partial charge in [-0.25, -0.2) is 9.78 Å². The Kier molecular flexibility index (Phi) is 8.95. The van der Waals surface area contributed by atoms with Crippen LogP contribution < -0.4 is 4.90 Å². The SMILES string of the molecule is CCCC(OC(=O)c1cc(-c2ccc(N3C(=O)C4CCCCC4C3=O)cc2)nc2c(CC)cc(Br)cc12)C(=O)c1ccccc1. The number of aryl methyl sites for hydroxylation is 1. The van der Waals surface area contributed by atoms with Gasteiger partial charge in [0.05, 0.1) is 34.3 Å². The van der Waals surface area contributed by atoms with E-state index in [0.717, 1.165) is 41.3 Å². The summed E-state index contributed by atoms with van der Waals surface area (Å²) < 4.78 is 6.76. The van der Waals surface area contributed by atoms with Crippen LogP contribution in [0.1, 0.15) is 78.7 Å². The Morgan fingerprint density at radius 1 is 0.933 bits per heavy atom. The van der Waals surface area contributed by atoms with Crippen LogP contribution in [0.3, 0.4) is 0 Å². The molecule has 6 rings (SSSR count). The highest BCUT2D eigenvalue weighted by Gasteiger charge is 2.48. The van der Waals surface area contributed by atoms with Gasteiger partial charge in [-0.2, -0.15) is 0 Å². The number of fused-ring (bicyclic) bond motifs is 2. The largest absolute Gasteiger partial charge is 0.450 e. The van der Waals surface area contributed by atoms with Crippen LogP contribution in [-0.2, 0) is 20.7 Å². The number of carbonyl (C=O) groups is 4. The van der Waals surface area contributed by atoms with E-state index in [2.05, 4.69) is 15.9 Å². The first-order chi connectivity index (χ1) is 21.8. The van der Waals surface area contributed by atoms with E-state index >= 15 is 0 Å². The summed E-state index contributed by atoms with van der Waals surface area (Å²) in [5.41, 5.74) is 4.25. The third-order valence-electron chi connectivity index (χ3n) is 8.97. The fraction of sp³-hybridized carbons (Fsp3) is 0.324. The van der Waals surface area contributed by atoms with Crippen molar-refractivity contribution in [3.63, 3.8) is 0 Å². The fourth-order valence-corrected chi connectivity index (χ4v) is 7.14. The van der Waals surface area contributed by atoms with Crippen LogP contribution in [0.4, 0.5) is 5.69 Å². The number of ether oxygens (including phenoxy) is 1. The molecule has 1 saturated carbocycles. The predicted octanol–water partition coefficient (Wildman–Crippen LogP) is 8.11. The lowest BCUT2D eigenvalue weighted by molar-refractivity contribution is -0.122. The van der Waals surface area contributed by atoms with E-state index in [1.165, 1.54) is 4.90 Å². The number of amides is 2. The van der Waals surface area contributed by atoms with E-state index in [4.69, 9.17) is 9.72 Å². The molecular weight excluding hydrogens is 632 g/mol. The summed E-state index contributed by atoms with van der Waals surface area (Å²) in [6.07, 6.45) is 4.30. The van der Waals surface area contributed by atoms with E-state index < -0.39 is 12.1 Å². The van der Waals surface area contributed by atoms with Crippen LogP contribution in [0.25, 0.3) is 22.2 Å². The van der Waals surface area contributed by atoms with E-state index in [9.17, 15) is 19.2 Å². The molecule has 230 valence electrons. The van der Waals surface area contributed by atoms with Gasteiger partial charge in [0.15, 0.2) is 6.10 Å². The maximum absolute atomic E-state index is 13.9. The average molecular weight is 668 g/mol. The van der Waals surface area contributed by atoms with Crippen LogP contribution in [0.15, 0.2) is 77.3 Å². The zero-order valence-corrected chi connectivity index (χ0v) is 27.0. The number of benzene rings is 3. The second kappa shape index (κ2) is 13.1. The van der Waals surface area contributed by atoms with E-state index in [1.54, 1.807) is 42.5 Å². The smallest absolute Gasteiger partial charge is 0.339 e. The van der Waals surface area contributed by atoms with Crippen molar-refractivity contribution in [2.75, 3.05) is 4.90 Å². The molecular formula is C37H35BrN2O5. The van der Waals surface area contributed by atoms with E-state index in [-0.39, 0.29) is 29.4 Å². The lowest BCUT2D eigenvalue weighted by atomic mass is 9.81. The number of nitrogens with zero attached hydrogens (tertiary/aromatic N) is 2. The quantitative estimate of drug-likeness (QED) is 0.102. The zero-order chi connectivity index (χ0) is 31.7. The van der Waals surface area contributed by atoms with Gasteiger partial charge in [-0.05, 0) is 61.6 Å². The number of imide groups is 1. The lowest BCUT2D eigenvalue weighted by Crippen LogP contribution is -2.30. The Bertz CT molecular complexity index is 1760. The van der Waals surface area contributed by atoms with E-state index in [0.29, 0.717) is 52.7 Å². The van der Waals surface area contributed by atoms with E-state index in [1.807, 2.05) is 44.2 Å². The first kappa shape index (κ1) is 30.8. The van der Waals surface area contributed by atoms with Crippen LogP contribution in [0.2, 0.25) is 0 Å². The van der Waals surface area contributed by atoms with Crippen molar-refractivity contribution >= 4 is 56.1 Å². The minimum atomic E-state index is -0.923. The van der Waals surface area contributed by atoms with Crippen LogP contribution in [0, 0.1) is 11.8 Å². The van der Waals surface area contributed by atoms with Gasteiger partial charge in [0.1, 0.15) is 0 Å². The van der Waals surface area contributed by atoms with Gasteiger partial charge in [-0.15, -0.1) is 0 Å². The monoisotopic (exact) mass is 666 g/mol. The number of hydrogen-bond acceptors (Lipinski definition) is 6. The van der Waals surface area contributed by atoms with Crippen LogP contribution >= 0.6 is 15.9 Å². The second-order valence-corrected chi connectivity index (χ2v) is 12.8. The molecule has 2 aliphatic rings. The molecule has 0 radical (unpaired) electrons. The van der Waals surface area contributed by atoms with Crippen molar-refractivity contribution in [3.8, 4) is 11.3 Å². The maximum atomic E-state index is 13.9. The third-order valence-corrected chi connectivity index (χ3v) is 9.43. The van der Waals surface area contributed by atoms with Gasteiger partial charge in [0.2, 0.25) is 17.6 Å². The summed E-state index contributed by atoms with van der Waals surface area (Å²) in [6.45, 7) is 3.98. The molecule has 1 aliphatic heterocycles. The van der Waals surface area contributed by atoms with Gasteiger partial charge < -0.3 is 4.74 Å². The average Bonchev–Trinajstić information content (AvgIpc) is 3.32. The molecule has 2 amide bonds. The minimum Gasteiger partial charge on any atom is -0.450 e. The van der Waals surface area contributed by atoms with Crippen LogP contribution in [-0.4, -0.2) is 34.7 Å². The van der Waals surface area contributed by atoms with Crippen molar-refractivity contribution in [2.24, 2.45) is 11.8 Å². The normalized spacial score (nSPS) is 18.6. The molecule has 0 bridgehead atoms. The van der Waals surface area contributed by atoms with Crippen molar-refractivity contribution in [3.05, 3.63) is 94.0 Å². The molecule has 4 aromatic rings. The standard InChI is InChI=1S/C37H35BrN2O5/c1-3-10-32(34(41)24-11-6-5-7-12-24)45-37(44)30-21-31(39-33-22(4-2)19-25(38)20-29(30)33)23-15-17-26(18-16-23)40-35(42)27-13-8-9-14-28(27)36(40)43/h5-7,11-12,15-21,27-28,32H,3-4,8-10,13-14H2,1-2H3. The maximum Gasteiger partial charge on any atom is 0.339 e. The van der Waals surface area contributed by atoms with Gasteiger partial charge >= 0.3 is 5.97 Å². The van der Waals surface area contributed by atoms with Crippen molar-refractivity contribution < 1.29 is 23.9 Å². The third kappa shape index (κ3) is 5.96. The number of hydrogen-bond donors (Lipinski definition) is 0. The van der Waals surface area contributed by atoms with Crippen molar-refractivity contribution in [1.82, 2.24) is 4.98 Å².